The van der Waals surface area contributed by atoms with E-state index in [2.05, 4.69) is 26.1 Å². The summed E-state index contributed by atoms with van der Waals surface area (Å²) in [6.07, 6.45) is 3.89. The maximum absolute atomic E-state index is 5.48. The van der Waals surface area contributed by atoms with Gasteiger partial charge in [-0.1, -0.05) is 6.08 Å². The lowest BCUT2D eigenvalue weighted by Gasteiger charge is -2.19. The summed E-state index contributed by atoms with van der Waals surface area (Å²) < 4.78 is 5.48. The van der Waals surface area contributed by atoms with Crippen molar-refractivity contribution in [3.63, 3.8) is 0 Å². The van der Waals surface area contributed by atoms with Crippen LogP contribution in [0.2, 0.25) is 0 Å². The van der Waals surface area contributed by atoms with E-state index in [-0.39, 0.29) is 5.60 Å². The van der Waals surface area contributed by atoms with Crippen molar-refractivity contribution in [1.29, 1.82) is 0 Å². The smallest absolute Gasteiger partial charge is 0.0645 e. The van der Waals surface area contributed by atoms with Gasteiger partial charge in [0.15, 0.2) is 0 Å². The Morgan fingerprint density at radius 2 is 2.00 bits per heavy atom. The molecular weight excluding hydrogens is 138 g/mol. The van der Waals surface area contributed by atoms with Crippen molar-refractivity contribution in [2.24, 2.45) is 0 Å². The third-order valence-electron chi connectivity index (χ3n) is 1.07. The molecule has 0 fully saturated rings. The van der Waals surface area contributed by atoms with Gasteiger partial charge in [-0.05, 0) is 33.9 Å². The molecule has 0 heterocycles. The number of allylic oxidation sites excluding steroid dienone is 1. The quantitative estimate of drug-likeness (QED) is 0.629. The van der Waals surface area contributed by atoms with Crippen LogP contribution in [-0.2, 0) is 4.74 Å². The van der Waals surface area contributed by atoms with Gasteiger partial charge < -0.3 is 10.1 Å². The normalized spacial score (nSPS) is 12.4. The van der Waals surface area contributed by atoms with Crippen LogP contribution >= 0.6 is 0 Å². The van der Waals surface area contributed by atoms with E-state index in [0.717, 1.165) is 13.2 Å². The lowest BCUT2D eigenvalue weighted by atomic mass is 10.2. The minimum Gasteiger partial charge on any atom is -0.389 e. The van der Waals surface area contributed by atoms with Crippen LogP contribution in [0.5, 0.6) is 0 Å². The summed E-state index contributed by atoms with van der Waals surface area (Å²) in [7, 11) is 0. The van der Waals surface area contributed by atoms with Gasteiger partial charge in [0.05, 0.1) is 12.2 Å². The molecule has 0 unspecified atom stereocenters. The van der Waals surface area contributed by atoms with Crippen molar-refractivity contribution < 1.29 is 4.74 Å². The number of hydrogen-bond donors (Lipinski definition) is 1. The van der Waals surface area contributed by atoms with Crippen LogP contribution in [0.3, 0.4) is 0 Å². The molecule has 1 N–H and O–H groups in total. The van der Waals surface area contributed by atoms with Crippen LogP contribution in [0.1, 0.15) is 27.7 Å². The van der Waals surface area contributed by atoms with Crippen LogP contribution in [0.15, 0.2) is 12.3 Å². The third kappa shape index (κ3) is 9.50. The topological polar surface area (TPSA) is 21.3 Å². The Morgan fingerprint density at radius 1 is 1.36 bits per heavy atom. The molecule has 0 amide bonds. The minimum atomic E-state index is -0.0163. The Bertz CT molecular complexity index is 113. The Morgan fingerprint density at radius 3 is 2.45 bits per heavy atom. The lowest BCUT2D eigenvalue weighted by molar-refractivity contribution is 0.000176. The van der Waals surface area contributed by atoms with Crippen molar-refractivity contribution in [3.8, 4) is 0 Å². The van der Waals surface area contributed by atoms with Crippen molar-refractivity contribution in [2.75, 3.05) is 13.2 Å². The van der Waals surface area contributed by atoms with Gasteiger partial charge in [0, 0.05) is 6.54 Å². The highest BCUT2D eigenvalue weighted by molar-refractivity contribution is 4.73. The Hall–Kier alpha value is -0.500. The standard InChI is InChI=1S/C9H19NO/c1-5-6-10-7-8-11-9(2,3)4/h5-6,10H,7-8H2,1-4H3. The Kier molecular flexibility index (Phi) is 4.95. The highest BCUT2D eigenvalue weighted by Gasteiger charge is 2.08. The van der Waals surface area contributed by atoms with E-state index in [1.165, 1.54) is 0 Å². The van der Waals surface area contributed by atoms with Crippen LogP contribution < -0.4 is 5.32 Å². The van der Waals surface area contributed by atoms with E-state index in [1.54, 1.807) is 0 Å². The van der Waals surface area contributed by atoms with E-state index in [4.69, 9.17) is 4.74 Å². The largest absolute Gasteiger partial charge is 0.389 e. The molecule has 0 atom stereocenters. The third-order valence-corrected chi connectivity index (χ3v) is 1.07. The summed E-state index contributed by atoms with van der Waals surface area (Å²) >= 11 is 0. The van der Waals surface area contributed by atoms with Crippen molar-refractivity contribution in [2.45, 2.75) is 33.3 Å². The molecule has 0 aromatic carbocycles. The summed E-state index contributed by atoms with van der Waals surface area (Å²) in [5, 5.41) is 3.10. The average Bonchev–Trinajstić information content (AvgIpc) is 1.85. The zero-order valence-electron chi connectivity index (χ0n) is 7.98. The molecule has 0 aromatic heterocycles. The molecule has 0 spiro atoms. The summed E-state index contributed by atoms with van der Waals surface area (Å²) in [6, 6.07) is 0. The first-order chi connectivity index (χ1) is 5.06. The van der Waals surface area contributed by atoms with Gasteiger partial charge in [-0.25, -0.2) is 0 Å². The first-order valence-electron chi connectivity index (χ1n) is 4.05. The zero-order chi connectivity index (χ0) is 8.74. The van der Waals surface area contributed by atoms with E-state index < -0.39 is 0 Å². The first-order valence-corrected chi connectivity index (χ1v) is 4.05. The van der Waals surface area contributed by atoms with Gasteiger partial charge in [-0.2, -0.15) is 0 Å². The predicted molar refractivity (Wildman–Crippen MR) is 48.5 cm³/mol. The molecule has 0 aliphatic rings. The SMILES string of the molecule is CC=CNCCOC(C)(C)C. The van der Waals surface area contributed by atoms with Crippen LogP contribution in [0.25, 0.3) is 0 Å². The van der Waals surface area contributed by atoms with Crippen molar-refractivity contribution in [1.82, 2.24) is 5.32 Å². The maximum atomic E-state index is 5.48. The van der Waals surface area contributed by atoms with Gasteiger partial charge >= 0.3 is 0 Å². The lowest BCUT2D eigenvalue weighted by Crippen LogP contribution is -2.24. The molecular formula is C9H19NO. The number of ether oxygens (including phenoxy) is 1. The summed E-state index contributed by atoms with van der Waals surface area (Å²) in [5.74, 6) is 0. The fraction of sp³-hybridized carbons (Fsp3) is 0.778. The molecule has 2 heteroatoms. The van der Waals surface area contributed by atoms with Gasteiger partial charge in [-0.15, -0.1) is 0 Å². The van der Waals surface area contributed by atoms with Gasteiger partial charge in [-0.3, -0.25) is 0 Å². The molecule has 0 bridgehead atoms. The summed E-state index contributed by atoms with van der Waals surface area (Å²) in [6.45, 7) is 9.79. The predicted octanol–water partition coefficient (Wildman–Crippen LogP) is 1.92. The second-order valence-corrected chi connectivity index (χ2v) is 3.41. The summed E-state index contributed by atoms with van der Waals surface area (Å²) in [4.78, 5) is 0. The number of rotatable bonds is 4. The fourth-order valence-corrected chi connectivity index (χ4v) is 0.617. The van der Waals surface area contributed by atoms with Gasteiger partial charge in [0.25, 0.3) is 0 Å². The minimum absolute atomic E-state index is 0.0163. The molecule has 66 valence electrons. The maximum Gasteiger partial charge on any atom is 0.0645 e. The molecule has 0 aliphatic carbocycles. The average molecular weight is 157 g/mol. The van der Waals surface area contributed by atoms with Crippen LogP contribution in [0, 0.1) is 0 Å². The van der Waals surface area contributed by atoms with Crippen LogP contribution in [0.4, 0.5) is 0 Å². The molecule has 0 saturated heterocycles. The van der Waals surface area contributed by atoms with Gasteiger partial charge in [0.2, 0.25) is 0 Å². The summed E-state index contributed by atoms with van der Waals surface area (Å²) in [5.41, 5.74) is -0.0163. The second-order valence-electron chi connectivity index (χ2n) is 3.41. The Labute approximate surface area is 69.6 Å². The molecule has 0 saturated carbocycles. The van der Waals surface area contributed by atoms with Crippen molar-refractivity contribution in [3.05, 3.63) is 12.3 Å². The fourth-order valence-electron chi connectivity index (χ4n) is 0.617. The monoisotopic (exact) mass is 157 g/mol. The molecule has 11 heavy (non-hydrogen) atoms. The molecule has 0 aliphatic heterocycles. The molecule has 0 rings (SSSR count). The Balaban J connectivity index is 3.15. The van der Waals surface area contributed by atoms with E-state index in [9.17, 15) is 0 Å². The molecule has 0 aromatic rings. The molecule has 0 radical (unpaired) electrons. The highest BCUT2D eigenvalue weighted by atomic mass is 16.5. The number of nitrogens with one attached hydrogen (secondary N) is 1. The van der Waals surface area contributed by atoms with Gasteiger partial charge in [0.1, 0.15) is 0 Å². The van der Waals surface area contributed by atoms with Crippen LogP contribution in [-0.4, -0.2) is 18.8 Å². The second kappa shape index (κ2) is 5.19. The van der Waals surface area contributed by atoms with E-state index in [1.807, 2.05) is 19.2 Å². The van der Waals surface area contributed by atoms with Crippen molar-refractivity contribution >= 4 is 0 Å². The highest BCUT2D eigenvalue weighted by Crippen LogP contribution is 2.04. The van der Waals surface area contributed by atoms with E-state index in [0.29, 0.717) is 0 Å². The zero-order valence-corrected chi connectivity index (χ0v) is 7.98. The number of hydrogen-bond acceptors (Lipinski definition) is 2. The van der Waals surface area contributed by atoms with E-state index >= 15 is 0 Å². The molecule has 2 nitrogen and oxygen atoms in total. The first kappa shape index (κ1) is 10.5.